The Bertz CT molecular complexity index is 934. The van der Waals surface area contributed by atoms with Gasteiger partial charge in [-0.1, -0.05) is 28.1 Å². The number of carbonyl (C=O) groups excluding carboxylic acids is 2. The second kappa shape index (κ2) is 8.26. The van der Waals surface area contributed by atoms with Crippen molar-refractivity contribution in [2.24, 2.45) is 0 Å². The summed E-state index contributed by atoms with van der Waals surface area (Å²) in [7, 11) is 0. The summed E-state index contributed by atoms with van der Waals surface area (Å²) in [5.74, 6) is -0.788. The Morgan fingerprint density at radius 3 is 2.54 bits per heavy atom. The van der Waals surface area contributed by atoms with Gasteiger partial charge in [-0.15, -0.1) is 0 Å². The van der Waals surface area contributed by atoms with Crippen LogP contribution in [0.4, 0.5) is 5.69 Å². The third-order valence-corrected chi connectivity index (χ3v) is 5.33. The van der Waals surface area contributed by atoms with Crippen LogP contribution in [0.5, 0.6) is 0 Å². The number of anilines is 1. The van der Waals surface area contributed by atoms with Crippen molar-refractivity contribution < 1.29 is 14.3 Å². The Morgan fingerprint density at radius 2 is 1.79 bits per heavy atom. The minimum absolute atomic E-state index is 0.378. The minimum atomic E-state index is -0.410. The number of hydrogen-bond acceptors (Lipinski definition) is 5. The number of amides is 2. The number of nitrogens with one attached hydrogen (secondary N) is 2. The van der Waals surface area contributed by atoms with Crippen LogP contribution in [0.1, 0.15) is 21.5 Å². The highest BCUT2D eigenvalue weighted by Gasteiger charge is 2.27. The van der Waals surface area contributed by atoms with Gasteiger partial charge in [0, 0.05) is 47.1 Å². The van der Waals surface area contributed by atoms with E-state index in [1.807, 2.05) is 12.1 Å². The van der Waals surface area contributed by atoms with Gasteiger partial charge in [0.05, 0.1) is 18.8 Å². The zero-order chi connectivity index (χ0) is 19.5. The Balaban J connectivity index is 1.49. The van der Waals surface area contributed by atoms with Gasteiger partial charge in [-0.05, 0) is 35.9 Å². The van der Waals surface area contributed by atoms with Gasteiger partial charge in [0.2, 0.25) is 0 Å². The molecule has 0 radical (unpaired) electrons. The minimum Gasteiger partial charge on any atom is -0.379 e. The molecule has 2 aliphatic heterocycles. The van der Waals surface area contributed by atoms with Gasteiger partial charge in [0.1, 0.15) is 0 Å². The second-order valence-corrected chi connectivity index (χ2v) is 7.68. The summed E-state index contributed by atoms with van der Waals surface area (Å²) in [6.45, 7) is 4.38. The van der Waals surface area contributed by atoms with Crippen LogP contribution in [0.3, 0.4) is 0 Å². The van der Waals surface area contributed by atoms with Crippen LogP contribution >= 0.6 is 15.9 Å². The number of halogens is 1. The zero-order valence-electron chi connectivity index (χ0n) is 15.2. The average molecular weight is 442 g/mol. The molecule has 2 aliphatic rings. The number of fused-ring (bicyclic) bond motifs is 1. The maximum atomic E-state index is 12.3. The molecule has 1 fully saturated rings. The molecule has 0 saturated carbocycles. The molecule has 0 spiro atoms. The molecule has 4 rings (SSSR count). The molecular formula is C21H20BrN3O3. The zero-order valence-corrected chi connectivity index (χ0v) is 16.8. The van der Waals surface area contributed by atoms with E-state index in [2.05, 4.69) is 43.6 Å². The molecule has 0 unspecified atom stereocenters. The van der Waals surface area contributed by atoms with Gasteiger partial charge < -0.3 is 10.1 Å². The molecule has 2 aromatic rings. The normalized spacial score (nSPS) is 18.7. The lowest BCUT2D eigenvalue weighted by molar-refractivity contribution is -0.114. The summed E-state index contributed by atoms with van der Waals surface area (Å²) >= 11 is 3.40. The quantitative estimate of drug-likeness (QED) is 0.563. The van der Waals surface area contributed by atoms with Crippen molar-refractivity contribution in [1.82, 2.24) is 10.2 Å². The van der Waals surface area contributed by atoms with Gasteiger partial charge in [-0.3, -0.25) is 19.8 Å². The third-order valence-electron chi connectivity index (χ3n) is 4.84. The molecule has 2 N–H and O–H groups in total. The van der Waals surface area contributed by atoms with E-state index in [1.165, 1.54) is 5.56 Å². The van der Waals surface area contributed by atoms with E-state index in [9.17, 15) is 9.59 Å². The van der Waals surface area contributed by atoms with Crippen molar-refractivity contribution in [3.05, 3.63) is 69.8 Å². The third kappa shape index (κ3) is 4.16. The number of hydrogen-bond donors (Lipinski definition) is 2. The molecule has 0 bridgehead atoms. The van der Waals surface area contributed by atoms with Crippen LogP contribution in [0, 0.1) is 0 Å². The van der Waals surface area contributed by atoms with E-state index in [-0.39, 0.29) is 5.91 Å². The Labute approximate surface area is 171 Å². The first-order chi connectivity index (χ1) is 13.6. The fourth-order valence-electron chi connectivity index (χ4n) is 3.32. The molecule has 7 heteroatoms. The second-order valence-electron chi connectivity index (χ2n) is 6.76. The first-order valence-electron chi connectivity index (χ1n) is 9.11. The van der Waals surface area contributed by atoms with Crippen molar-refractivity contribution in [2.45, 2.75) is 6.54 Å². The largest absolute Gasteiger partial charge is 0.379 e. The Hall–Kier alpha value is -2.48. The fourth-order valence-corrected chi connectivity index (χ4v) is 3.68. The van der Waals surface area contributed by atoms with Crippen LogP contribution in [-0.2, 0) is 16.1 Å². The maximum Gasteiger partial charge on any atom is 0.260 e. The number of nitrogens with zero attached hydrogens (tertiary/aromatic N) is 1. The molecule has 144 valence electrons. The number of morpholine rings is 1. The number of carbonyl (C=O) groups is 2. The molecule has 2 aromatic carbocycles. The van der Waals surface area contributed by atoms with Crippen LogP contribution in [0.15, 0.2) is 53.1 Å². The first kappa shape index (κ1) is 18.9. The molecular weight excluding hydrogens is 422 g/mol. The smallest absolute Gasteiger partial charge is 0.260 e. The van der Waals surface area contributed by atoms with Crippen molar-refractivity contribution in [3.8, 4) is 0 Å². The van der Waals surface area contributed by atoms with Crippen molar-refractivity contribution in [1.29, 1.82) is 0 Å². The van der Waals surface area contributed by atoms with Crippen LogP contribution in [0.2, 0.25) is 0 Å². The van der Waals surface area contributed by atoms with Gasteiger partial charge in [-0.2, -0.15) is 0 Å². The van der Waals surface area contributed by atoms with E-state index in [1.54, 1.807) is 24.4 Å². The predicted octanol–water partition coefficient (Wildman–Crippen LogP) is 3.00. The summed E-state index contributed by atoms with van der Waals surface area (Å²) in [6.07, 6.45) is 1.64. The van der Waals surface area contributed by atoms with Crippen LogP contribution < -0.4 is 10.6 Å². The molecule has 0 aromatic heterocycles. The van der Waals surface area contributed by atoms with Gasteiger partial charge in [0.25, 0.3) is 11.8 Å². The summed E-state index contributed by atoms with van der Waals surface area (Å²) in [6, 6.07) is 13.4. The summed E-state index contributed by atoms with van der Waals surface area (Å²) < 4.78 is 6.19. The Kier molecular flexibility index (Phi) is 5.57. The molecule has 1 saturated heterocycles. The molecule has 0 atom stereocenters. The number of ether oxygens (including phenoxy) is 1. The SMILES string of the molecule is O=C1NC(=O)c2ccc(Br)cc2C1=CNc1ccc(CN2CCOCC2)cc1. The monoisotopic (exact) mass is 441 g/mol. The van der Waals surface area contributed by atoms with Gasteiger partial charge in [0.15, 0.2) is 0 Å². The lowest BCUT2D eigenvalue weighted by atomic mass is 9.95. The van der Waals surface area contributed by atoms with Gasteiger partial charge >= 0.3 is 0 Å². The lowest BCUT2D eigenvalue weighted by Gasteiger charge is -2.26. The summed E-state index contributed by atoms with van der Waals surface area (Å²) in [5.41, 5.74) is 3.62. The predicted molar refractivity (Wildman–Crippen MR) is 111 cm³/mol. The number of benzene rings is 2. The maximum absolute atomic E-state index is 12.3. The Morgan fingerprint density at radius 1 is 1.04 bits per heavy atom. The standard InChI is InChI=1S/C21H20BrN3O3/c22-15-3-6-17-18(11-15)19(21(27)24-20(17)26)12-23-16-4-1-14(2-5-16)13-25-7-9-28-10-8-25/h1-6,11-12,23H,7-10,13H2,(H,24,26,27). The topological polar surface area (TPSA) is 70.7 Å². The van der Waals surface area contributed by atoms with Crippen LogP contribution in [-0.4, -0.2) is 43.0 Å². The average Bonchev–Trinajstić information content (AvgIpc) is 2.69. The summed E-state index contributed by atoms with van der Waals surface area (Å²) in [5, 5.41) is 5.55. The van der Waals surface area contributed by atoms with Crippen molar-refractivity contribution in [3.63, 3.8) is 0 Å². The molecule has 28 heavy (non-hydrogen) atoms. The molecule has 2 heterocycles. The first-order valence-corrected chi connectivity index (χ1v) is 9.91. The fraction of sp³-hybridized carbons (Fsp3) is 0.238. The summed E-state index contributed by atoms with van der Waals surface area (Å²) in [4.78, 5) is 26.7. The molecule has 6 nitrogen and oxygen atoms in total. The number of rotatable bonds is 4. The molecule has 2 amide bonds. The van der Waals surface area contributed by atoms with Crippen molar-refractivity contribution in [2.75, 3.05) is 31.6 Å². The lowest BCUT2D eigenvalue weighted by Crippen LogP contribution is -2.36. The van der Waals surface area contributed by atoms with E-state index in [0.717, 1.165) is 43.0 Å². The highest BCUT2D eigenvalue weighted by atomic mass is 79.9. The van der Waals surface area contributed by atoms with Crippen molar-refractivity contribution >= 4 is 39.0 Å². The van der Waals surface area contributed by atoms with Gasteiger partial charge in [-0.25, -0.2) is 0 Å². The number of imide groups is 1. The molecule has 0 aliphatic carbocycles. The van der Waals surface area contributed by atoms with E-state index < -0.39 is 5.91 Å². The van der Waals surface area contributed by atoms with E-state index in [4.69, 9.17) is 4.74 Å². The van der Waals surface area contributed by atoms with E-state index >= 15 is 0 Å². The highest BCUT2D eigenvalue weighted by Crippen LogP contribution is 2.27. The van der Waals surface area contributed by atoms with Crippen LogP contribution in [0.25, 0.3) is 5.57 Å². The highest BCUT2D eigenvalue weighted by molar-refractivity contribution is 9.10. The van der Waals surface area contributed by atoms with E-state index in [0.29, 0.717) is 16.7 Å².